The quantitative estimate of drug-likeness (QED) is 0.504. The predicted molar refractivity (Wildman–Crippen MR) is 43.5 cm³/mol. The van der Waals surface area contributed by atoms with Crippen molar-refractivity contribution >= 4 is 0 Å². The van der Waals surface area contributed by atoms with Gasteiger partial charge in [0.2, 0.25) is 0 Å². The average molecular weight is 124 g/mol. The lowest BCUT2D eigenvalue weighted by molar-refractivity contribution is 0.808. The van der Waals surface area contributed by atoms with Crippen LogP contribution >= 0.6 is 0 Å². The van der Waals surface area contributed by atoms with Gasteiger partial charge in [-0.15, -0.1) is 13.2 Å². The molecule has 0 saturated carbocycles. The molecule has 0 aliphatic carbocycles. The zero-order valence-corrected chi connectivity index (χ0v) is 6.54. The Hall–Kier alpha value is -0.520. The number of rotatable bonds is 4. The molecule has 0 nitrogen and oxygen atoms in total. The summed E-state index contributed by atoms with van der Waals surface area (Å²) in [5.41, 5.74) is 2.55. The SMILES string of the molecule is C=C(C)CCCC(=C)C. The van der Waals surface area contributed by atoms with E-state index < -0.39 is 0 Å². The Morgan fingerprint density at radius 2 is 1.33 bits per heavy atom. The van der Waals surface area contributed by atoms with E-state index in [0.29, 0.717) is 0 Å². The summed E-state index contributed by atoms with van der Waals surface area (Å²) in [4.78, 5) is 0. The number of allylic oxidation sites excluding steroid dienone is 2. The second kappa shape index (κ2) is 4.37. The van der Waals surface area contributed by atoms with Crippen molar-refractivity contribution in [3.05, 3.63) is 24.3 Å². The van der Waals surface area contributed by atoms with Crippen LogP contribution in [0.5, 0.6) is 0 Å². The molecule has 0 aromatic heterocycles. The molecule has 0 aliphatic rings. The van der Waals surface area contributed by atoms with Crippen LogP contribution in [-0.4, -0.2) is 0 Å². The normalized spacial score (nSPS) is 9.11. The van der Waals surface area contributed by atoms with Gasteiger partial charge in [0.25, 0.3) is 0 Å². The number of hydrogen-bond donors (Lipinski definition) is 0. The van der Waals surface area contributed by atoms with Crippen molar-refractivity contribution in [1.82, 2.24) is 0 Å². The lowest BCUT2D eigenvalue weighted by atomic mass is 10.1. The molecule has 0 rings (SSSR count). The molecule has 0 aromatic carbocycles. The fraction of sp³-hybridized carbons (Fsp3) is 0.556. The van der Waals surface area contributed by atoms with E-state index in [2.05, 4.69) is 27.0 Å². The van der Waals surface area contributed by atoms with Gasteiger partial charge in [-0.2, -0.15) is 0 Å². The summed E-state index contributed by atoms with van der Waals surface area (Å²) in [6.07, 6.45) is 3.50. The molecule has 0 amide bonds. The second-order valence-corrected chi connectivity index (χ2v) is 2.77. The van der Waals surface area contributed by atoms with Crippen LogP contribution in [0.25, 0.3) is 0 Å². The summed E-state index contributed by atoms with van der Waals surface area (Å²) in [6, 6.07) is 0. The van der Waals surface area contributed by atoms with Crippen LogP contribution in [0.2, 0.25) is 0 Å². The fourth-order valence-electron chi connectivity index (χ4n) is 0.692. The van der Waals surface area contributed by atoms with E-state index in [-0.39, 0.29) is 0 Å². The smallest absolute Gasteiger partial charge is 0.0323 e. The lowest BCUT2D eigenvalue weighted by Crippen LogP contribution is -1.77. The third kappa shape index (κ3) is 7.48. The third-order valence-electron chi connectivity index (χ3n) is 1.21. The Kier molecular flexibility index (Phi) is 4.12. The molecule has 0 spiro atoms. The van der Waals surface area contributed by atoms with Gasteiger partial charge < -0.3 is 0 Å². The highest BCUT2D eigenvalue weighted by Crippen LogP contribution is 2.07. The maximum atomic E-state index is 3.82. The van der Waals surface area contributed by atoms with E-state index in [1.165, 1.54) is 17.6 Å². The largest absolute Gasteiger partial charge is 0.100 e. The van der Waals surface area contributed by atoms with Gasteiger partial charge in [0, 0.05) is 0 Å². The summed E-state index contributed by atoms with van der Waals surface area (Å²) in [7, 11) is 0. The average Bonchev–Trinajstić information content (AvgIpc) is 1.63. The van der Waals surface area contributed by atoms with Crippen molar-refractivity contribution in [2.45, 2.75) is 33.1 Å². The van der Waals surface area contributed by atoms with Crippen molar-refractivity contribution < 1.29 is 0 Å². The van der Waals surface area contributed by atoms with Crippen molar-refractivity contribution in [2.24, 2.45) is 0 Å². The van der Waals surface area contributed by atoms with Crippen LogP contribution in [0.3, 0.4) is 0 Å². The van der Waals surface area contributed by atoms with Crippen LogP contribution in [-0.2, 0) is 0 Å². The van der Waals surface area contributed by atoms with Crippen molar-refractivity contribution in [2.75, 3.05) is 0 Å². The third-order valence-corrected chi connectivity index (χ3v) is 1.21. The molecular formula is C9H16. The van der Waals surface area contributed by atoms with Gasteiger partial charge in [-0.25, -0.2) is 0 Å². The first-order valence-electron chi connectivity index (χ1n) is 3.41. The molecule has 0 fully saturated rings. The summed E-state index contributed by atoms with van der Waals surface area (Å²) in [5.74, 6) is 0. The first-order chi connectivity index (χ1) is 4.13. The van der Waals surface area contributed by atoms with E-state index in [4.69, 9.17) is 0 Å². The van der Waals surface area contributed by atoms with Crippen LogP contribution in [0.1, 0.15) is 33.1 Å². The minimum absolute atomic E-state index is 1.15. The topological polar surface area (TPSA) is 0 Å². The van der Waals surface area contributed by atoms with Gasteiger partial charge in [-0.3, -0.25) is 0 Å². The van der Waals surface area contributed by atoms with Crippen LogP contribution in [0.15, 0.2) is 24.3 Å². The molecule has 0 heterocycles. The minimum atomic E-state index is 1.15. The van der Waals surface area contributed by atoms with E-state index >= 15 is 0 Å². The Labute approximate surface area is 58.3 Å². The Balaban J connectivity index is 3.10. The summed E-state index contributed by atoms with van der Waals surface area (Å²) in [5, 5.41) is 0. The summed E-state index contributed by atoms with van der Waals surface area (Å²) < 4.78 is 0. The standard InChI is InChI=1S/C9H16/c1-8(2)6-5-7-9(3)4/h1,3,5-7H2,2,4H3. The fourth-order valence-corrected chi connectivity index (χ4v) is 0.692. The molecule has 0 aliphatic heterocycles. The highest BCUT2D eigenvalue weighted by Gasteiger charge is 1.87. The molecule has 0 unspecified atom stereocenters. The highest BCUT2D eigenvalue weighted by molar-refractivity contribution is 4.92. The Morgan fingerprint density at radius 3 is 1.56 bits per heavy atom. The molecule has 9 heavy (non-hydrogen) atoms. The Morgan fingerprint density at radius 1 is 1.00 bits per heavy atom. The van der Waals surface area contributed by atoms with Crippen LogP contribution < -0.4 is 0 Å². The Bertz CT molecular complexity index is 95.2. The predicted octanol–water partition coefficient (Wildman–Crippen LogP) is 3.31. The molecule has 0 bridgehead atoms. The molecule has 0 saturated heterocycles. The molecule has 0 radical (unpaired) electrons. The maximum absolute atomic E-state index is 3.82. The van der Waals surface area contributed by atoms with Crippen molar-refractivity contribution in [3.8, 4) is 0 Å². The lowest BCUT2D eigenvalue weighted by Gasteiger charge is -1.97. The van der Waals surface area contributed by atoms with E-state index in [1.807, 2.05) is 0 Å². The van der Waals surface area contributed by atoms with Gasteiger partial charge in [-0.1, -0.05) is 11.1 Å². The van der Waals surface area contributed by atoms with Gasteiger partial charge in [-0.05, 0) is 33.1 Å². The minimum Gasteiger partial charge on any atom is -0.100 e. The monoisotopic (exact) mass is 124 g/mol. The van der Waals surface area contributed by atoms with Crippen LogP contribution in [0.4, 0.5) is 0 Å². The van der Waals surface area contributed by atoms with Gasteiger partial charge in [0.05, 0.1) is 0 Å². The molecule has 0 aromatic rings. The van der Waals surface area contributed by atoms with Crippen molar-refractivity contribution in [3.63, 3.8) is 0 Å². The van der Waals surface area contributed by atoms with Crippen LogP contribution in [0, 0.1) is 0 Å². The first kappa shape index (κ1) is 8.48. The highest BCUT2D eigenvalue weighted by atomic mass is 13.9. The summed E-state index contributed by atoms with van der Waals surface area (Å²) >= 11 is 0. The van der Waals surface area contributed by atoms with Gasteiger partial charge in [0.15, 0.2) is 0 Å². The first-order valence-corrected chi connectivity index (χ1v) is 3.41. The zero-order chi connectivity index (χ0) is 7.28. The molecular weight excluding hydrogens is 108 g/mol. The molecule has 0 heteroatoms. The van der Waals surface area contributed by atoms with Gasteiger partial charge in [0.1, 0.15) is 0 Å². The number of hydrogen-bond acceptors (Lipinski definition) is 0. The van der Waals surface area contributed by atoms with E-state index in [0.717, 1.165) is 12.8 Å². The maximum Gasteiger partial charge on any atom is -0.0323 e. The van der Waals surface area contributed by atoms with E-state index in [9.17, 15) is 0 Å². The summed E-state index contributed by atoms with van der Waals surface area (Å²) in [6.45, 7) is 11.8. The molecule has 0 atom stereocenters. The van der Waals surface area contributed by atoms with Crippen molar-refractivity contribution in [1.29, 1.82) is 0 Å². The van der Waals surface area contributed by atoms with E-state index in [1.54, 1.807) is 0 Å². The second-order valence-electron chi connectivity index (χ2n) is 2.77. The molecule has 52 valence electrons. The zero-order valence-electron chi connectivity index (χ0n) is 6.54. The van der Waals surface area contributed by atoms with Gasteiger partial charge >= 0.3 is 0 Å². The molecule has 0 N–H and O–H groups in total.